The van der Waals surface area contributed by atoms with Gasteiger partial charge in [0.25, 0.3) is 5.91 Å². The second-order valence-electron chi connectivity index (χ2n) is 10.2. The Morgan fingerprint density at radius 2 is 1.73 bits per heavy atom. The molecule has 4 aromatic rings. The molecule has 2 amide bonds. The number of aryl methyl sites for hydroxylation is 1. The maximum absolute atomic E-state index is 14.3. The number of hydrogen-bond donors (Lipinski definition) is 1. The number of aromatic amines is 1. The van der Waals surface area contributed by atoms with Crippen LogP contribution < -0.4 is 4.74 Å². The first-order valence-electron chi connectivity index (χ1n) is 12.9. The molecular weight excluding hydrogens is 462 g/mol. The van der Waals surface area contributed by atoms with Gasteiger partial charge in [0, 0.05) is 35.5 Å². The van der Waals surface area contributed by atoms with Crippen molar-refractivity contribution in [3.8, 4) is 5.75 Å². The third kappa shape index (κ3) is 3.54. The molecule has 0 spiro atoms. The third-order valence-corrected chi connectivity index (χ3v) is 8.16. The summed E-state index contributed by atoms with van der Waals surface area (Å²) in [6.45, 7) is 4.86. The van der Waals surface area contributed by atoms with Gasteiger partial charge >= 0.3 is 0 Å². The quantitative estimate of drug-likeness (QED) is 0.427. The van der Waals surface area contributed by atoms with Crippen molar-refractivity contribution < 1.29 is 14.3 Å². The average Bonchev–Trinajstić information content (AvgIpc) is 3.33. The van der Waals surface area contributed by atoms with Gasteiger partial charge in [0.1, 0.15) is 12.3 Å². The van der Waals surface area contributed by atoms with E-state index in [0.29, 0.717) is 18.8 Å². The number of benzene rings is 3. The van der Waals surface area contributed by atoms with Gasteiger partial charge in [-0.25, -0.2) is 0 Å². The number of amides is 2. The largest absolute Gasteiger partial charge is 0.496 e. The zero-order chi connectivity index (χ0) is 25.7. The van der Waals surface area contributed by atoms with E-state index in [-0.39, 0.29) is 24.3 Å². The Balaban J connectivity index is 1.48. The molecule has 188 valence electrons. The smallest absolute Gasteiger partial charge is 0.255 e. The molecule has 37 heavy (non-hydrogen) atoms. The summed E-state index contributed by atoms with van der Waals surface area (Å²) < 4.78 is 5.52. The summed E-state index contributed by atoms with van der Waals surface area (Å²) in [6.07, 6.45) is 0.975. The molecule has 6 rings (SSSR count). The maximum Gasteiger partial charge on any atom is 0.255 e. The number of methoxy groups -OCH3 is 1. The lowest BCUT2D eigenvalue weighted by molar-refractivity contribution is -0.166. The van der Waals surface area contributed by atoms with Crippen molar-refractivity contribution >= 4 is 22.7 Å². The minimum atomic E-state index is -1.12. The fraction of sp³-hybridized carbons (Fsp3) is 0.290. The molecule has 0 saturated carbocycles. The molecule has 1 unspecified atom stereocenters. The van der Waals surface area contributed by atoms with Gasteiger partial charge in [-0.1, -0.05) is 67.6 Å². The number of nitrogens with one attached hydrogen (secondary N) is 1. The zero-order valence-corrected chi connectivity index (χ0v) is 21.5. The van der Waals surface area contributed by atoms with E-state index in [0.717, 1.165) is 39.7 Å². The Labute approximate surface area is 216 Å². The standard InChI is InChI=1S/C31H31N3O3/c1-4-20-13-15-21(16-14-20)24-18-34-27(35)19-33(17-22-9-5-8-12-26(22)37-3)30(36)31(34,2)29-28(24)23-10-6-7-11-25(23)32-29/h5-16,24,32H,4,17-19H2,1-3H3/t24?,31-/m0/s1. The summed E-state index contributed by atoms with van der Waals surface area (Å²) in [5.41, 5.74) is 5.09. The highest BCUT2D eigenvalue weighted by atomic mass is 16.5. The molecular formula is C31H31N3O3. The van der Waals surface area contributed by atoms with Crippen LogP contribution in [0.5, 0.6) is 5.75 Å². The van der Waals surface area contributed by atoms with Gasteiger partial charge in [0.15, 0.2) is 5.54 Å². The van der Waals surface area contributed by atoms with Crippen molar-refractivity contribution in [1.82, 2.24) is 14.8 Å². The Hall–Kier alpha value is -4.06. The second kappa shape index (κ2) is 8.80. The van der Waals surface area contributed by atoms with Crippen LogP contribution in [-0.4, -0.2) is 46.8 Å². The zero-order valence-electron chi connectivity index (χ0n) is 21.5. The van der Waals surface area contributed by atoms with Crippen molar-refractivity contribution in [3.63, 3.8) is 0 Å². The number of piperazine rings is 1. The molecule has 0 aliphatic carbocycles. The molecule has 2 aliphatic rings. The van der Waals surface area contributed by atoms with Crippen molar-refractivity contribution in [2.75, 3.05) is 20.2 Å². The first kappa shape index (κ1) is 23.3. The van der Waals surface area contributed by atoms with E-state index in [1.807, 2.05) is 49.4 Å². The maximum atomic E-state index is 14.3. The molecule has 0 bridgehead atoms. The van der Waals surface area contributed by atoms with Crippen LogP contribution in [-0.2, 0) is 28.1 Å². The van der Waals surface area contributed by atoms with Crippen LogP contribution in [0.2, 0.25) is 0 Å². The number of rotatable bonds is 5. The topological polar surface area (TPSA) is 65.6 Å². The van der Waals surface area contributed by atoms with Gasteiger partial charge in [-0.15, -0.1) is 0 Å². The van der Waals surface area contributed by atoms with Crippen molar-refractivity contribution in [3.05, 3.63) is 101 Å². The van der Waals surface area contributed by atoms with Gasteiger partial charge in [0.2, 0.25) is 5.91 Å². The predicted octanol–water partition coefficient (Wildman–Crippen LogP) is 4.97. The number of carbonyl (C=O) groups is 2. The van der Waals surface area contributed by atoms with Gasteiger partial charge < -0.3 is 19.5 Å². The number of H-pyrrole nitrogens is 1. The third-order valence-electron chi connectivity index (χ3n) is 8.16. The first-order chi connectivity index (χ1) is 18.0. The number of nitrogens with zero attached hydrogens (tertiary/aromatic N) is 2. The van der Waals surface area contributed by atoms with Gasteiger partial charge in [-0.3, -0.25) is 9.59 Å². The number of para-hydroxylation sites is 2. The highest BCUT2D eigenvalue weighted by Gasteiger charge is 2.56. The fourth-order valence-electron chi connectivity index (χ4n) is 6.13. The van der Waals surface area contributed by atoms with Gasteiger partial charge in [-0.05, 0) is 42.2 Å². The van der Waals surface area contributed by atoms with Crippen molar-refractivity contribution in [1.29, 1.82) is 0 Å². The predicted molar refractivity (Wildman–Crippen MR) is 143 cm³/mol. The average molecular weight is 494 g/mol. The molecule has 2 atom stereocenters. The second-order valence-corrected chi connectivity index (χ2v) is 10.2. The van der Waals surface area contributed by atoms with Gasteiger partial charge in [0.05, 0.1) is 12.8 Å². The molecule has 3 aromatic carbocycles. The van der Waals surface area contributed by atoms with Crippen LogP contribution in [0.15, 0.2) is 72.8 Å². The number of fused-ring (bicyclic) bond motifs is 5. The molecule has 1 saturated heterocycles. The van der Waals surface area contributed by atoms with Crippen LogP contribution in [0.3, 0.4) is 0 Å². The van der Waals surface area contributed by atoms with Crippen LogP contribution in [0.1, 0.15) is 47.7 Å². The highest BCUT2D eigenvalue weighted by Crippen LogP contribution is 2.48. The molecule has 1 N–H and O–H groups in total. The van der Waals surface area contributed by atoms with Crippen LogP contribution in [0.4, 0.5) is 0 Å². The highest BCUT2D eigenvalue weighted by molar-refractivity contribution is 6.01. The van der Waals surface area contributed by atoms with E-state index in [4.69, 9.17) is 4.74 Å². The molecule has 0 radical (unpaired) electrons. The van der Waals surface area contributed by atoms with E-state index in [9.17, 15) is 9.59 Å². The summed E-state index contributed by atoms with van der Waals surface area (Å²) in [5.74, 6) is 0.561. The summed E-state index contributed by atoms with van der Waals surface area (Å²) in [7, 11) is 1.62. The molecule has 3 heterocycles. The lowest BCUT2D eigenvalue weighted by Gasteiger charge is -2.51. The first-order valence-corrected chi connectivity index (χ1v) is 12.9. The van der Waals surface area contributed by atoms with E-state index >= 15 is 0 Å². The number of carbonyl (C=O) groups excluding carboxylic acids is 2. The number of hydrogen-bond acceptors (Lipinski definition) is 3. The van der Waals surface area contributed by atoms with E-state index in [1.54, 1.807) is 16.9 Å². The van der Waals surface area contributed by atoms with E-state index < -0.39 is 5.54 Å². The Morgan fingerprint density at radius 1 is 1.00 bits per heavy atom. The molecule has 2 aliphatic heterocycles. The molecule has 1 aromatic heterocycles. The van der Waals surface area contributed by atoms with Gasteiger partial charge in [-0.2, -0.15) is 0 Å². The van der Waals surface area contributed by atoms with E-state index in [1.165, 1.54) is 5.56 Å². The SMILES string of the molecule is CCc1ccc(C2CN3C(=O)CN(Cc4ccccc4OC)C(=O)[C@]3(C)c3[nH]c4ccccc4c32)cc1. The van der Waals surface area contributed by atoms with Crippen LogP contribution in [0, 0.1) is 0 Å². The number of ether oxygens (including phenoxy) is 1. The van der Waals surface area contributed by atoms with Crippen LogP contribution >= 0.6 is 0 Å². The summed E-state index contributed by atoms with van der Waals surface area (Å²) in [6, 6.07) is 24.5. The number of aromatic nitrogens is 1. The normalized spacial score (nSPS) is 21.2. The van der Waals surface area contributed by atoms with E-state index in [2.05, 4.69) is 42.2 Å². The summed E-state index contributed by atoms with van der Waals surface area (Å²) in [5, 5.41) is 1.10. The molecule has 6 heteroatoms. The van der Waals surface area contributed by atoms with Crippen molar-refractivity contribution in [2.45, 2.75) is 38.3 Å². The lowest BCUT2D eigenvalue weighted by atomic mass is 9.76. The Bertz CT molecular complexity index is 1510. The fourth-order valence-corrected chi connectivity index (χ4v) is 6.13. The Kier molecular flexibility index (Phi) is 5.55. The summed E-state index contributed by atoms with van der Waals surface area (Å²) >= 11 is 0. The lowest BCUT2D eigenvalue weighted by Crippen LogP contribution is -2.67. The summed E-state index contributed by atoms with van der Waals surface area (Å²) in [4.78, 5) is 35.0. The monoisotopic (exact) mass is 493 g/mol. The molecule has 1 fully saturated rings. The van der Waals surface area contributed by atoms with Crippen LogP contribution in [0.25, 0.3) is 10.9 Å². The minimum Gasteiger partial charge on any atom is -0.496 e. The Morgan fingerprint density at radius 3 is 2.49 bits per heavy atom. The minimum absolute atomic E-state index is 0.0253. The molecule has 6 nitrogen and oxygen atoms in total. The van der Waals surface area contributed by atoms with Crippen molar-refractivity contribution in [2.24, 2.45) is 0 Å².